The maximum atomic E-state index is 12.9. The average molecular weight is 441 g/mol. The predicted octanol–water partition coefficient (Wildman–Crippen LogP) is 4.21. The Kier molecular flexibility index (Phi) is 6.36. The zero-order valence-corrected chi connectivity index (χ0v) is 15.8. The Labute approximate surface area is 163 Å². The van der Waals surface area contributed by atoms with Crippen LogP contribution in [0.3, 0.4) is 0 Å². The van der Waals surface area contributed by atoms with E-state index in [1.54, 1.807) is 13.0 Å². The lowest BCUT2D eigenvalue weighted by Crippen LogP contribution is -2.53. The van der Waals surface area contributed by atoms with Crippen molar-refractivity contribution in [3.8, 4) is 0 Å². The minimum Gasteiger partial charge on any atom is -0.369 e. The third-order valence-electron chi connectivity index (χ3n) is 4.28. The summed E-state index contributed by atoms with van der Waals surface area (Å²) in [7, 11) is -3.91. The molecule has 4 nitrogen and oxygen atoms in total. The van der Waals surface area contributed by atoms with E-state index >= 15 is 0 Å². The van der Waals surface area contributed by atoms with Crippen LogP contribution in [0.2, 0.25) is 0 Å². The number of nitrogens with zero attached hydrogens (tertiary/aromatic N) is 1. The molecule has 11 heteroatoms. The van der Waals surface area contributed by atoms with Gasteiger partial charge in [-0.3, -0.25) is 0 Å². The summed E-state index contributed by atoms with van der Waals surface area (Å²) in [5, 5.41) is 9.40. The molecule has 0 bridgehead atoms. The van der Waals surface area contributed by atoms with Gasteiger partial charge in [0.1, 0.15) is 0 Å². The van der Waals surface area contributed by atoms with Gasteiger partial charge in [-0.1, -0.05) is 49.4 Å². The monoisotopic (exact) mass is 441 g/mol. The van der Waals surface area contributed by atoms with Gasteiger partial charge < -0.3 is 5.11 Å². The molecular weight excluding hydrogens is 424 g/mol. The molecule has 0 fully saturated rings. The Balaban J connectivity index is 2.35. The second-order valence-electron chi connectivity index (χ2n) is 6.15. The van der Waals surface area contributed by atoms with Crippen molar-refractivity contribution in [3.05, 3.63) is 65.7 Å². The van der Waals surface area contributed by atoms with Crippen LogP contribution >= 0.6 is 0 Å². The molecule has 0 saturated carbocycles. The molecule has 0 spiro atoms. The van der Waals surface area contributed by atoms with E-state index in [0.717, 1.165) is 16.4 Å². The summed E-state index contributed by atoms with van der Waals surface area (Å²) >= 11 is 0. The van der Waals surface area contributed by atoms with Gasteiger partial charge in [0.05, 0.1) is 4.90 Å². The Morgan fingerprint density at radius 3 is 1.76 bits per heavy atom. The summed E-state index contributed by atoms with van der Waals surface area (Å²) in [6, 6.07) is 10.2. The first-order valence-corrected chi connectivity index (χ1v) is 9.69. The fourth-order valence-electron chi connectivity index (χ4n) is 2.65. The second-order valence-corrected chi connectivity index (χ2v) is 8.09. The van der Waals surface area contributed by atoms with Crippen molar-refractivity contribution in [1.82, 2.24) is 4.31 Å². The van der Waals surface area contributed by atoms with Gasteiger partial charge >= 0.3 is 12.4 Å². The second kappa shape index (κ2) is 7.96. The first-order valence-electron chi connectivity index (χ1n) is 8.25. The SMILES string of the molecule is CCN(Cc1ccc(C(O)(C(F)(F)F)C(F)(F)F)cc1)S(=O)(=O)c1ccccc1. The van der Waals surface area contributed by atoms with E-state index < -0.39 is 33.5 Å². The van der Waals surface area contributed by atoms with Crippen molar-refractivity contribution in [1.29, 1.82) is 0 Å². The van der Waals surface area contributed by atoms with Gasteiger partial charge in [-0.25, -0.2) is 8.42 Å². The van der Waals surface area contributed by atoms with Gasteiger partial charge in [0.25, 0.3) is 5.60 Å². The van der Waals surface area contributed by atoms with E-state index in [2.05, 4.69) is 0 Å². The molecule has 0 aliphatic carbocycles. The van der Waals surface area contributed by atoms with E-state index in [1.165, 1.54) is 24.3 Å². The van der Waals surface area contributed by atoms with Gasteiger partial charge in [-0.05, 0) is 17.7 Å². The maximum Gasteiger partial charge on any atom is 0.430 e. The molecule has 2 aromatic carbocycles. The lowest BCUT2D eigenvalue weighted by molar-refractivity contribution is -0.376. The average Bonchev–Trinajstić information content (AvgIpc) is 2.64. The summed E-state index contributed by atoms with van der Waals surface area (Å²) in [6.45, 7) is 1.29. The molecule has 2 rings (SSSR count). The number of hydrogen-bond donors (Lipinski definition) is 1. The molecule has 1 N–H and O–H groups in total. The lowest BCUT2D eigenvalue weighted by Gasteiger charge is -2.32. The molecule has 0 aliphatic rings. The summed E-state index contributed by atoms with van der Waals surface area (Å²) < 4.78 is 104. The number of halogens is 6. The van der Waals surface area contributed by atoms with Gasteiger partial charge in [-0.15, -0.1) is 0 Å². The third kappa shape index (κ3) is 4.41. The van der Waals surface area contributed by atoms with Crippen molar-refractivity contribution in [3.63, 3.8) is 0 Å². The van der Waals surface area contributed by atoms with E-state index in [1.807, 2.05) is 0 Å². The highest BCUT2D eigenvalue weighted by Crippen LogP contribution is 2.49. The van der Waals surface area contributed by atoms with Crippen LogP contribution in [-0.4, -0.2) is 36.7 Å². The molecule has 160 valence electrons. The molecule has 29 heavy (non-hydrogen) atoms. The fourth-order valence-corrected chi connectivity index (χ4v) is 4.11. The molecule has 0 atom stereocenters. The van der Waals surface area contributed by atoms with Crippen molar-refractivity contribution >= 4 is 10.0 Å². The highest BCUT2D eigenvalue weighted by atomic mass is 32.2. The Bertz CT molecular complexity index is 911. The van der Waals surface area contributed by atoms with Crippen LogP contribution in [0.4, 0.5) is 26.3 Å². The fraction of sp³-hybridized carbons (Fsp3) is 0.333. The first-order chi connectivity index (χ1) is 13.2. The van der Waals surface area contributed by atoms with E-state index in [-0.39, 0.29) is 23.5 Å². The molecular formula is C18H17F6NO3S. The Morgan fingerprint density at radius 1 is 0.862 bits per heavy atom. The van der Waals surface area contributed by atoms with Gasteiger partial charge in [0, 0.05) is 18.7 Å². The lowest BCUT2D eigenvalue weighted by atomic mass is 9.91. The van der Waals surface area contributed by atoms with E-state index in [0.29, 0.717) is 12.1 Å². The topological polar surface area (TPSA) is 57.6 Å². The van der Waals surface area contributed by atoms with Crippen LogP contribution in [0, 0.1) is 0 Å². The van der Waals surface area contributed by atoms with Crippen LogP contribution in [0.25, 0.3) is 0 Å². The van der Waals surface area contributed by atoms with Crippen LogP contribution < -0.4 is 0 Å². The smallest absolute Gasteiger partial charge is 0.369 e. The molecule has 0 unspecified atom stereocenters. The normalized spacial score (nSPS) is 13.7. The van der Waals surface area contributed by atoms with Crippen molar-refractivity contribution in [2.75, 3.05) is 6.54 Å². The minimum absolute atomic E-state index is 0.00184. The van der Waals surface area contributed by atoms with Crippen molar-refractivity contribution < 1.29 is 39.9 Å². The summed E-state index contributed by atoms with van der Waals surface area (Å²) in [5.74, 6) is 0. The van der Waals surface area contributed by atoms with Gasteiger partial charge in [0.15, 0.2) is 0 Å². The number of benzene rings is 2. The largest absolute Gasteiger partial charge is 0.430 e. The zero-order valence-electron chi connectivity index (χ0n) is 15.0. The number of aliphatic hydroxyl groups is 1. The van der Waals surface area contributed by atoms with Gasteiger partial charge in [-0.2, -0.15) is 30.6 Å². The Morgan fingerprint density at radius 2 is 1.34 bits per heavy atom. The molecule has 0 aliphatic heterocycles. The highest BCUT2D eigenvalue weighted by molar-refractivity contribution is 7.89. The van der Waals surface area contributed by atoms with Crippen molar-refractivity contribution in [2.45, 2.75) is 36.3 Å². The predicted molar refractivity (Wildman–Crippen MR) is 92.2 cm³/mol. The number of sulfonamides is 1. The van der Waals surface area contributed by atoms with Gasteiger partial charge in [0.2, 0.25) is 10.0 Å². The summed E-state index contributed by atoms with van der Waals surface area (Å²) in [5.41, 5.74) is -6.28. The standard InChI is InChI=1S/C18H17F6NO3S/c1-2-25(29(27,28)15-6-4-3-5-7-15)12-13-8-10-14(11-9-13)16(26,17(19,20)21)18(22,23)24/h3-11,26H,2,12H2,1H3. The van der Waals surface area contributed by atoms with E-state index in [9.17, 15) is 39.9 Å². The Hall–Kier alpha value is -2.11. The molecule has 2 aromatic rings. The number of rotatable bonds is 6. The number of alkyl halides is 6. The van der Waals surface area contributed by atoms with Crippen LogP contribution in [0.15, 0.2) is 59.5 Å². The quantitative estimate of drug-likeness (QED) is 0.684. The molecule has 0 radical (unpaired) electrons. The summed E-state index contributed by atoms with van der Waals surface area (Å²) in [4.78, 5) is 0.00184. The molecule has 0 aromatic heterocycles. The van der Waals surface area contributed by atoms with Crippen LogP contribution in [0.1, 0.15) is 18.1 Å². The highest BCUT2D eigenvalue weighted by Gasteiger charge is 2.71. The molecule has 0 amide bonds. The van der Waals surface area contributed by atoms with Crippen molar-refractivity contribution in [2.24, 2.45) is 0 Å². The first kappa shape index (κ1) is 23.2. The molecule has 0 heterocycles. The summed E-state index contributed by atoms with van der Waals surface area (Å²) in [6.07, 6.45) is -12.0. The molecule has 0 saturated heterocycles. The van der Waals surface area contributed by atoms with E-state index in [4.69, 9.17) is 0 Å². The van der Waals surface area contributed by atoms with Crippen LogP contribution in [0.5, 0.6) is 0 Å². The van der Waals surface area contributed by atoms with Crippen LogP contribution in [-0.2, 0) is 22.2 Å². The maximum absolute atomic E-state index is 12.9. The zero-order chi connectivity index (χ0) is 22.1. The number of hydrogen-bond acceptors (Lipinski definition) is 3. The third-order valence-corrected chi connectivity index (χ3v) is 6.22. The minimum atomic E-state index is -5.99.